The molecule has 2 aliphatic heterocycles. The summed E-state index contributed by atoms with van der Waals surface area (Å²) in [6, 6.07) is 3.95. The summed E-state index contributed by atoms with van der Waals surface area (Å²) in [6.07, 6.45) is 8.12. The molecule has 0 bridgehead atoms. The molecular weight excluding hydrogens is 318 g/mol. The number of aromatic nitrogens is 3. The molecule has 7 heteroatoms. The highest BCUT2D eigenvalue weighted by Crippen LogP contribution is 2.41. The van der Waals surface area contributed by atoms with Gasteiger partial charge in [0.2, 0.25) is 11.8 Å². The van der Waals surface area contributed by atoms with Crippen molar-refractivity contribution in [1.29, 1.82) is 0 Å². The van der Waals surface area contributed by atoms with Gasteiger partial charge in [0, 0.05) is 63.0 Å². The van der Waals surface area contributed by atoms with Crippen LogP contribution in [0.1, 0.15) is 25.0 Å². The summed E-state index contributed by atoms with van der Waals surface area (Å²) in [7, 11) is 1.85. The molecule has 2 amide bonds. The first-order chi connectivity index (χ1) is 12.0. The van der Waals surface area contributed by atoms with Gasteiger partial charge >= 0.3 is 0 Å². The summed E-state index contributed by atoms with van der Waals surface area (Å²) in [5.74, 6) is 0.312. The van der Waals surface area contributed by atoms with Crippen molar-refractivity contribution in [3.05, 3.63) is 36.4 Å². The molecule has 4 heterocycles. The Kier molecular flexibility index (Phi) is 3.86. The Hall–Kier alpha value is -2.57. The highest BCUT2D eigenvalue weighted by atomic mass is 16.2. The van der Waals surface area contributed by atoms with Crippen LogP contribution in [-0.2, 0) is 23.1 Å². The molecule has 2 aromatic rings. The molecule has 0 saturated carbocycles. The molecule has 25 heavy (non-hydrogen) atoms. The minimum absolute atomic E-state index is 0.102. The van der Waals surface area contributed by atoms with Crippen LogP contribution in [-0.4, -0.2) is 51.1 Å². The van der Waals surface area contributed by atoms with Crippen LogP contribution in [0.3, 0.4) is 0 Å². The quantitative estimate of drug-likeness (QED) is 0.912. The zero-order chi connectivity index (χ0) is 17.4. The fraction of sp³-hybridized carbons (Fsp3) is 0.500. The molecule has 0 aliphatic carbocycles. The van der Waals surface area contributed by atoms with Crippen molar-refractivity contribution in [2.24, 2.45) is 12.5 Å². The summed E-state index contributed by atoms with van der Waals surface area (Å²) in [6.45, 7) is 2.11. The molecule has 7 nitrogen and oxygen atoms in total. The molecule has 2 aromatic heterocycles. The van der Waals surface area contributed by atoms with Crippen molar-refractivity contribution in [3.63, 3.8) is 0 Å². The van der Waals surface area contributed by atoms with Gasteiger partial charge in [-0.1, -0.05) is 0 Å². The Morgan fingerprint density at radius 3 is 3.00 bits per heavy atom. The van der Waals surface area contributed by atoms with Crippen molar-refractivity contribution in [3.8, 4) is 0 Å². The van der Waals surface area contributed by atoms with Crippen LogP contribution in [0.25, 0.3) is 0 Å². The second-order valence-corrected chi connectivity index (χ2v) is 7.29. The number of hydrogen-bond donors (Lipinski definition) is 1. The molecule has 0 aromatic carbocycles. The topological polar surface area (TPSA) is 74.2 Å². The molecule has 1 spiro atoms. The van der Waals surface area contributed by atoms with Crippen molar-refractivity contribution in [2.45, 2.75) is 25.7 Å². The number of H-pyrrole nitrogens is 1. The maximum atomic E-state index is 12.5. The van der Waals surface area contributed by atoms with Gasteiger partial charge in [0.1, 0.15) is 0 Å². The van der Waals surface area contributed by atoms with Crippen LogP contribution in [0.4, 0.5) is 5.69 Å². The molecule has 4 rings (SSSR count). The third-order valence-corrected chi connectivity index (χ3v) is 5.39. The van der Waals surface area contributed by atoms with E-state index in [-0.39, 0.29) is 17.2 Å². The molecular formula is C18H23N5O2. The second-order valence-electron chi connectivity index (χ2n) is 7.29. The van der Waals surface area contributed by atoms with Gasteiger partial charge in [-0.15, -0.1) is 0 Å². The number of likely N-dealkylation sites (tertiary alicyclic amines) is 1. The van der Waals surface area contributed by atoms with Crippen molar-refractivity contribution in [2.75, 3.05) is 24.5 Å². The molecule has 0 radical (unpaired) electrons. The smallest absolute Gasteiger partial charge is 0.227 e. The van der Waals surface area contributed by atoms with Crippen molar-refractivity contribution in [1.82, 2.24) is 19.7 Å². The van der Waals surface area contributed by atoms with Crippen molar-refractivity contribution >= 4 is 17.5 Å². The Labute approximate surface area is 146 Å². The molecule has 2 fully saturated rings. The van der Waals surface area contributed by atoms with Gasteiger partial charge in [0.05, 0.1) is 11.9 Å². The first-order valence-corrected chi connectivity index (χ1v) is 8.74. The van der Waals surface area contributed by atoms with Crippen LogP contribution in [0.2, 0.25) is 0 Å². The van der Waals surface area contributed by atoms with Gasteiger partial charge in [0.15, 0.2) is 0 Å². The number of rotatable bonds is 4. The van der Waals surface area contributed by atoms with Crippen LogP contribution in [0, 0.1) is 5.41 Å². The number of anilines is 1. The van der Waals surface area contributed by atoms with E-state index in [2.05, 4.69) is 10.1 Å². The molecule has 2 saturated heterocycles. The van der Waals surface area contributed by atoms with Crippen LogP contribution < -0.4 is 4.90 Å². The highest BCUT2D eigenvalue weighted by molar-refractivity contribution is 5.96. The Balaban J connectivity index is 1.38. The number of hydrogen-bond acceptors (Lipinski definition) is 3. The van der Waals surface area contributed by atoms with E-state index in [1.165, 1.54) is 0 Å². The highest BCUT2D eigenvalue weighted by Gasteiger charge is 2.48. The molecule has 1 atom stereocenters. The van der Waals surface area contributed by atoms with Crippen molar-refractivity contribution < 1.29 is 9.59 Å². The lowest BCUT2D eigenvalue weighted by Crippen LogP contribution is -2.34. The summed E-state index contributed by atoms with van der Waals surface area (Å²) >= 11 is 0. The predicted molar refractivity (Wildman–Crippen MR) is 92.9 cm³/mol. The van der Waals surface area contributed by atoms with E-state index in [1.807, 2.05) is 41.4 Å². The maximum absolute atomic E-state index is 12.5. The Morgan fingerprint density at radius 2 is 2.28 bits per heavy atom. The van der Waals surface area contributed by atoms with Gasteiger partial charge < -0.3 is 14.8 Å². The fourth-order valence-electron chi connectivity index (χ4n) is 4.02. The van der Waals surface area contributed by atoms with Crippen LogP contribution in [0.15, 0.2) is 30.7 Å². The number of aryl methyl sites for hydroxylation is 2. The molecule has 1 unspecified atom stereocenters. The first kappa shape index (κ1) is 15.9. The number of aromatic amines is 1. The standard InChI is InChI=1S/C18H23N5O2/c1-21-11-15(10-20-21)23-13-18(9-17(23)25)6-8-22(12-18)16(24)5-4-14-3-2-7-19-14/h2-3,7,10-11,19H,4-6,8-9,12-13H2,1H3. The van der Waals surface area contributed by atoms with E-state index in [1.54, 1.807) is 10.9 Å². The van der Waals surface area contributed by atoms with E-state index in [4.69, 9.17) is 0 Å². The number of carbonyl (C=O) groups excluding carboxylic acids is 2. The zero-order valence-electron chi connectivity index (χ0n) is 14.4. The minimum atomic E-state index is -0.102. The number of amides is 2. The number of carbonyl (C=O) groups is 2. The lowest BCUT2D eigenvalue weighted by molar-refractivity contribution is -0.130. The van der Waals surface area contributed by atoms with E-state index in [0.29, 0.717) is 25.9 Å². The van der Waals surface area contributed by atoms with Gasteiger partial charge in [0.25, 0.3) is 0 Å². The third kappa shape index (κ3) is 3.06. The van der Waals surface area contributed by atoms with Gasteiger partial charge in [-0.3, -0.25) is 14.3 Å². The zero-order valence-corrected chi connectivity index (χ0v) is 14.4. The minimum Gasteiger partial charge on any atom is -0.365 e. The lowest BCUT2D eigenvalue weighted by Gasteiger charge is -2.23. The van der Waals surface area contributed by atoms with E-state index in [9.17, 15) is 9.59 Å². The van der Waals surface area contributed by atoms with E-state index in [0.717, 1.165) is 30.8 Å². The summed E-state index contributed by atoms with van der Waals surface area (Å²) < 4.78 is 1.71. The summed E-state index contributed by atoms with van der Waals surface area (Å²) in [5.41, 5.74) is 1.83. The summed E-state index contributed by atoms with van der Waals surface area (Å²) in [5, 5.41) is 4.16. The average molecular weight is 341 g/mol. The normalized spacial score (nSPS) is 23.2. The van der Waals surface area contributed by atoms with Gasteiger partial charge in [-0.05, 0) is 25.0 Å². The third-order valence-electron chi connectivity index (χ3n) is 5.39. The summed E-state index contributed by atoms with van der Waals surface area (Å²) in [4.78, 5) is 31.9. The van der Waals surface area contributed by atoms with Gasteiger partial charge in [-0.25, -0.2) is 0 Å². The Morgan fingerprint density at radius 1 is 1.40 bits per heavy atom. The largest absolute Gasteiger partial charge is 0.365 e. The number of nitrogens with one attached hydrogen (secondary N) is 1. The number of nitrogens with zero attached hydrogens (tertiary/aromatic N) is 4. The average Bonchev–Trinajstić information content (AvgIpc) is 3.35. The first-order valence-electron chi connectivity index (χ1n) is 8.74. The monoisotopic (exact) mass is 341 g/mol. The SMILES string of the molecule is Cn1cc(N2CC3(CCN(C(=O)CCc4ccc[nH]4)C3)CC2=O)cn1. The van der Waals surface area contributed by atoms with Crippen LogP contribution in [0.5, 0.6) is 0 Å². The maximum Gasteiger partial charge on any atom is 0.227 e. The molecule has 2 aliphatic rings. The van der Waals surface area contributed by atoms with E-state index < -0.39 is 0 Å². The lowest BCUT2D eigenvalue weighted by atomic mass is 9.86. The Bertz CT molecular complexity index is 781. The second kappa shape index (κ2) is 6.06. The van der Waals surface area contributed by atoms with Gasteiger partial charge in [-0.2, -0.15) is 5.10 Å². The van der Waals surface area contributed by atoms with E-state index >= 15 is 0 Å². The fourth-order valence-corrected chi connectivity index (χ4v) is 4.02. The molecule has 132 valence electrons. The van der Waals surface area contributed by atoms with Crippen LogP contribution >= 0.6 is 0 Å². The molecule has 1 N–H and O–H groups in total. The predicted octanol–water partition coefficient (Wildman–Crippen LogP) is 1.34.